The van der Waals surface area contributed by atoms with Gasteiger partial charge in [0.15, 0.2) is 0 Å². The highest BCUT2D eigenvalue weighted by atomic mass is 16.5. The maximum absolute atomic E-state index is 12.5. The molecule has 0 aliphatic carbocycles. The Balaban J connectivity index is 2.89. The third-order valence-corrected chi connectivity index (χ3v) is 6.15. The third kappa shape index (κ3) is 9.02. The maximum atomic E-state index is 12.5. The van der Waals surface area contributed by atoms with Gasteiger partial charge in [-0.15, -0.1) is 0 Å². The molecular formula is C29H45NO4. The van der Waals surface area contributed by atoms with Gasteiger partial charge in [0.05, 0.1) is 20.3 Å². The normalized spacial score (nSPS) is 16.0. The number of allylic oxidation sites excluding steroid dienone is 6. The Morgan fingerprint density at radius 2 is 1.71 bits per heavy atom. The second kappa shape index (κ2) is 14.7. The first-order valence-electron chi connectivity index (χ1n) is 12.1. The highest BCUT2D eigenvalue weighted by molar-refractivity contribution is 5.40. The molecule has 0 aromatic carbocycles. The predicted octanol–water partition coefficient (Wildman–Crippen LogP) is 6.73. The van der Waals surface area contributed by atoms with Crippen LogP contribution in [-0.2, 0) is 11.2 Å². The van der Waals surface area contributed by atoms with Crippen molar-refractivity contribution < 1.29 is 14.2 Å². The minimum absolute atomic E-state index is 0.0752. The lowest BCUT2D eigenvalue weighted by Crippen LogP contribution is -2.16. The van der Waals surface area contributed by atoms with Crippen molar-refractivity contribution in [3.63, 3.8) is 0 Å². The zero-order valence-electron chi connectivity index (χ0n) is 22.9. The molecule has 0 aliphatic rings. The molecule has 5 nitrogen and oxygen atoms in total. The zero-order chi connectivity index (χ0) is 25.8. The van der Waals surface area contributed by atoms with Crippen LogP contribution in [0.4, 0.5) is 0 Å². The summed E-state index contributed by atoms with van der Waals surface area (Å²) in [6.45, 7) is 14.8. The van der Waals surface area contributed by atoms with Crippen molar-refractivity contribution in [1.82, 2.24) is 4.98 Å². The Morgan fingerprint density at radius 1 is 1.03 bits per heavy atom. The van der Waals surface area contributed by atoms with E-state index in [1.165, 1.54) is 30.9 Å². The van der Waals surface area contributed by atoms with E-state index in [4.69, 9.17) is 14.2 Å². The summed E-state index contributed by atoms with van der Waals surface area (Å²) in [5.74, 6) is 1.42. The largest absolute Gasteiger partial charge is 0.488 e. The van der Waals surface area contributed by atoms with E-state index < -0.39 is 0 Å². The minimum Gasteiger partial charge on any atom is -0.488 e. The van der Waals surface area contributed by atoms with Crippen molar-refractivity contribution in [3.05, 3.63) is 68.6 Å². The van der Waals surface area contributed by atoms with Gasteiger partial charge in [-0.05, 0) is 40.0 Å². The van der Waals surface area contributed by atoms with Crippen molar-refractivity contribution in [1.29, 1.82) is 0 Å². The second-order valence-electron chi connectivity index (χ2n) is 9.29. The van der Waals surface area contributed by atoms with Crippen molar-refractivity contribution in [2.45, 2.75) is 73.8 Å². The summed E-state index contributed by atoms with van der Waals surface area (Å²) >= 11 is 0. The molecule has 1 rings (SSSR count). The first kappa shape index (κ1) is 29.5. The lowest BCUT2D eigenvalue weighted by atomic mass is 9.97. The highest BCUT2D eigenvalue weighted by Gasteiger charge is 2.15. The number of aromatic nitrogens is 1. The number of nitrogens with one attached hydrogen (secondary N) is 1. The van der Waals surface area contributed by atoms with E-state index in [2.05, 4.69) is 76.9 Å². The van der Waals surface area contributed by atoms with Gasteiger partial charge in [-0.25, -0.2) is 0 Å². The first-order valence-corrected chi connectivity index (χ1v) is 12.1. The number of rotatable bonds is 13. The smallest absolute Gasteiger partial charge is 0.238 e. The van der Waals surface area contributed by atoms with Gasteiger partial charge in [0.2, 0.25) is 17.1 Å². The molecule has 1 N–H and O–H groups in total. The fourth-order valence-electron chi connectivity index (χ4n) is 3.92. The molecule has 0 aliphatic heterocycles. The lowest BCUT2D eigenvalue weighted by Gasteiger charge is -2.17. The fraction of sp³-hybridized carbons (Fsp3) is 0.552. The Kier molecular flexibility index (Phi) is 12.7. The molecule has 1 aromatic heterocycles. The number of hydrogen-bond donors (Lipinski definition) is 1. The third-order valence-electron chi connectivity index (χ3n) is 6.15. The van der Waals surface area contributed by atoms with Crippen LogP contribution in [0.2, 0.25) is 0 Å². The summed E-state index contributed by atoms with van der Waals surface area (Å²) in [6, 6.07) is 0. The number of aromatic amines is 1. The predicted molar refractivity (Wildman–Crippen MR) is 143 cm³/mol. The zero-order valence-corrected chi connectivity index (χ0v) is 22.9. The second-order valence-corrected chi connectivity index (χ2v) is 9.29. The summed E-state index contributed by atoms with van der Waals surface area (Å²) < 4.78 is 16.2. The molecule has 34 heavy (non-hydrogen) atoms. The van der Waals surface area contributed by atoms with Crippen LogP contribution in [0.1, 0.15) is 65.6 Å². The molecule has 3 atom stereocenters. The molecular weight excluding hydrogens is 426 g/mol. The Morgan fingerprint density at radius 3 is 2.26 bits per heavy atom. The molecule has 1 heterocycles. The summed E-state index contributed by atoms with van der Waals surface area (Å²) in [4.78, 5) is 15.7. The number of H-pyrrole nitrogens is 1. The standard InChI is InChI=1S/C29H45NO4/c1-11-19(2)13-15-26(32-8)23(6)18-22(5)17-21(4)16-20(3)12-14-25-24(7)27(31)28(33-9)29(30-25)34-10/h12-13,15,17-19,23,26H,11,14,16H2,1-10H3,(H,30,31)/b15-13+,20-12+,21-17+,22-18+/t19?,23-,26+/m0/s1. The monoisotopic (exact) mass is 471 g/mol. The van der Waals surface area contributed by atoms with Crippen LogP contribution in [0.15, 0.2) is 51.9 Å². The molecule has 1 unspecified atom stereocenters. The van der Waals surface area contributed by atoms with Gasteiger partial charge in [-0.1, -0.05) is 74.3 Å². The van der Waals surface area contributed by atoms with Crippen LogP contribution < -0.4 is 14.9 Å². The average molecular weight is 472 g/mol. The van der Waals surface area contributed by atoms with Crippen LogP contribution >= 0.6 is 0 Å². The number of hydrogen-bond acceptors (Lipinski definition) is 4. The van der Waals surface area contributed by atoms with E-state index in [1.807, 2.05) is 6.92 Å². The van der Waals surface area contributed by atoms with Gasteiger partial charge in [0.1, 0.15) is 0 Å². The number of methoxy groups -OCH3 is 3. The van der Waals surface area contributed by atoms with Gasteiger partial charge >= 0.3 is 0 Å². The van der Waals surface area contributed by atoms with Crippen LogP contribution in [0.5, 0.6) is 11.6 Å². The molecule has 0 amide bonds. The van der Waals surface area contributed by atoms with Crippen molar-refractivity contribution in [2.75, 3.05) is 21.3 Å². The maximum Gasteiger partial charge on any atom is 0.238 e. The molecule has 0 fully saturated rings. The van der Waals surface area contributed by atoms with E-state index >= 15 is 0 Å². The summed E-state index contributed by atoms with van der Waals surface area (Å²) in [5, 5.41) is 0. The number of ether oxygens (including phenoxy) is 3. The van der Waals surface area contributed by atoms with Gasteiger partial charge in [-0.2, -0.15) is 0 Å². The quantitative estimate of drug-likeness (QED) is 0.256. The summed E-state index contributed by atoms with van der Waals surface area (Å²) in [6.07, 6.45) is 13.8. The van der Waals surface area contributed by atoms with Gasteiger partial charge in [0, 0.05) is 30.7 Å². The molecule has 0 saturated heterocycles. The summed E-state index contributed by atoms with van der Waals surface area (Å²) in [7, 11) is 4.77. The molecule has 0 radical (unpaired) electrons. The summed E-state index contributed by atoms with van der Waals surface area (Å²) in [5.41, 5.74) is 5.11. The SMILES string of the molecule is CCC(C)/C=C/[C@@H](OC)[C@@H](C)/C=C(C)/C=C(\C)C/C(C)=C/Cc1[nH]c(OC)c(OC)c(=O)c1C. The van der Waals surface area contributed by atoms with E-state index in [-0.39, 0.29) is 23.2 Å². The molecule has 1 aromatic rings. The number of pyridine rings is 1. The van der Waals surface area contributed by atoms with E-state index in [9.17, 15) is 4.79 Å². The molecule has 0 bridgehead atoms. The van der Waals surface area contributed by atoms with Crippen molar-refractivity contribution >= 4 is 0 Å². The van der Waals surface area contributed by atoms with E-state index in [0.717, 1.165) is 18.5 Å². The van der Waals surface area contributed by atoms with Crippen molar-refractivity contribution in [3.8, 4) is 11.6 Å². The average Bonchev–Trinajstić information content (AvgIpc) is 2.79. The van der Waals surface area contributed by atoms with E-state index in [1.54, 1.807) is 7.11 Å². The van der Waals surface area contributed by atoms with Crippen LogP contribution in [-0.4, -0.2) is 32.4 Å². The highest BCUT2D eigenvalue weighted by Crippen LogP contribution is 2.23. The van der Waals surface area contributed by atoms with Crippen molar-refractivity contribution in [2.24, 2.45) is 11.8 Å². The Hall–Kier alpha value is -2.53. The van der Waals surface area contributed by atoms with Gasteiger partial charge < -0.3 is 19.2 Å². The van der Waals surface area contributed by atoms with Crippen LogP contribution in [0.25, 0.3) is 0 Å². The van der Waals surface area contributed by atoms with Crippen LogP contribution in [0, 0.1) is 18.8 Å². The van der Waals surface area contributed by atoms with Gasteiger partial charge in [-0.3, -0.25) is 4.79 Å². The Labute approximate surface area is 206 Å². The molecule has 0 spiro atoms. The lowest BCUT2D eigenvalue weighted by molar-refractivity contribution is 0.112. The molecule has 190 valence electrons. The molecule has 5 heteroatoms. The fourth-order valence-corrected chi connectivity index (χ4v) is 3.92. The molecule has 0 saturated carbocycles. The Bertz CT molecular complexity index is 965. The van der Waals surface area contributed by atoms with E-state index in [0.29, 0.717) is 23.8 Å². The minimum atomic E-state index is -0.140. The van der Waals surface area contributed by atoms with Crippen LogP contribution in [0.3, 0.4) is 0 Å². The van der Waals surface area contributed by atoms with Gasteiger partial charge in [0.25, 0.3) is 0 Å². The first-order chi connectivity index (χ1) is 16.1. The topological polar surface area (TPSA) is 60.6 Å².